The van der Waals surface area contributed by atoms with Crippen LogP contribution in [0.1, 0.15) is 21.5 Å². The number of pyridine rings is 1. The van der Waals surface area contributed by atoms with Gasteiger partial charge >= 0.3 is 0 Å². The Balaban J connectivity index is 1.38. The quantitative estimate of drug-likeness (QED) is 0.263. The molecular formula is C23H21N5O2. The van der Waals surface area contributed by atoms with Crippen LogP contribution in [0.15, 0.2) is 79.1 Å². The van der Waals surface area contributed by atoms with E-state index >= 15 is 0 Å². The lowest BCUT2D eigenvalue weighted by Crippen LogP contribution is -2.37. The predicted molar refractivity (Wildman–Crippen MR) is 115 cm³/mol. The van der Waals surface area contributed by atoms with E-state index in [-0.39, 0.29) is 18.2 Å². The van der Waals surface area contributed by atoms with Crippen molar-refractivity contribution in [2.45, 2.75) is 13.0 Å². The molecule has 0 fully saturated rings. The van der Waals surface area contributed by atoms with Crippen LogP contribution in [0.25, 0.3) is 11.0 Å². The third-order valence-electron chi connectivity index (χ3n) is 4.80. The summed E-state index contributed by atoms with van der Waals surface area (Å²) in [6, 6.07) is 20.1. The maximum Gasteiger partial charge on any atom is 0.255 e. The van der Waals surface area contributed by atoms with Gasteiger partial charge in [-0.1, -0.05) is 42.5 Å². The number of rotatable bonds is 6. The van der Waals surface area contributed by atoms with Crippen LogP contribution in [0, 0.1) is 0 Å². The largest absolute Gasteiger partial charge is 0.346 e. The van der Waals surface area contributed by atoms with Gasteiger partial charge in [0, 0.05) is 23.3 Å². The summed E-state index contributed by atoms with van der Waals surface area (Å²) in [5.74, 6) is 5.49. The summed E-state index contributed by atoms with van der Waals surface area (Å²) in [6.07, 6.45) is 3.58. The standard InChI is InChI=1S/C23H21N5O2/c24-28(15-17-4-2-1-3-5-17)21(29)14-16-6-8-18(9-7-16)23(30)27-20-11-13-26-22-19(20)10-12-25-22/h1-13H,14-15,24H2,(H2,25,26,27,30). The molecule has 0 saturated heterocycles. The molecule has 0 bridgehead atoms. The number of nitrogens with zero attached hydrogens (tertiary/aromatic N) is 2. The summed E-state index contributed by atoms with van der Waals surface area (Å²) in [7, 11) is 0. The minimum Gasteiger partial charge on any atom is -0.346 e. The van der Waals surface area contributed by atoms with Crippen LogP contribution in [-0.2, 0) is 17.8 Å². The zero-order chi connectivity index (χ0) is 20.9. The monoisotopic (exact) mass is 399 g/mol. The molecule has 0 radical (unpaired) electrons. The van der Waals surface area contributed by atoms with Gasteiger partial charge in [-0.05, 0) is 35.4 Å². The second-order valence-electron chi connectivity index (χ2n) is 6.93. The lowest BCUT2D eigenvalue weighted by Gasteiger charge is -2.17. The maximum absolute atomic E-state index is 12.6. The van der Waals surface area contributed by atoms with Crippen LogP contribution < -0.4 is 11.2 Å². The number of nitrogens with one attached hydrogen (secondary N) is 2. The van der Waals surface area contributed by atoms with Gasteiger partial charge in [-0.2, -0.15) is 0 Å². The van der Waals surface area contributed by atoms with Crippen molar-refractivity contribution in [1.82, 2.24) is 15.0 Å². The van der Waals surface area contributed by atoms with Gasteiger partial charge in [-0.3, -0.25) is 14.6 Å². The molecule has 4 N–H and O–H groups in total. The van der Waals surface area contributed by atoms with Crippen molar-refractivity contribution in [3.63, 3.8) is 0 Å². The lowest BCUT2D eigenvalue weighted by atomic mass is 10.1. The average Bonchev–Trinajstić information content (AvgIpc) is 3.25. The van der Waals surface area contributed by atoms with E-state index in [9.17, 15) is 9.59 Å². The molecule has 0 aliphatic rings. The van der Waals surface area contributed by atoms with Gasteiger partial charge in [0.1, 0.15) is 5.65 Å². The molecule has 30 heavy (non-hydrogen) atoms. The normalized spacial score (nSPS) is 10.7. The van der Waals surface area contributed by atoms with Crippen molar-refractivity contribution in [3.05, 3.63) is 95.8 Å². The Bertz CT molecular complexity index is 1170. The molecule has 4 rings (SSSR count). The highest BCUT2D eigenvalue weighted by Crippen LogP contribution is 2.21. The van der Waals surface area contributed by atoms with Gasteiger partial charge < -0.3 is 10.3 Å². The minimum absolute atomic E-state index is 0.166. The highest BCUT2D eigenvalue weighted by Gasteiger charge is 2.13. The van der Waals surface area contributed by atoms with Crippen LogP contribution >= 0.6 is 0 Å². The minimum atomic E-state index is -0.230. The van der Waals surface area contributed by atoms with E-state index in [4.69, 9.17) is 5.84 Å². The van der Waals surface area contributed by atoms with E-state index < -0.39 is 0 Å². The van der Waals surface area contributed by atoms with Gasteiger partial charge in [-0.25, -0.2) is 10.8 Å². The Hall–Kier alpha value is -3.97. The summed E-state index contributed by atoms with van der Waals surface area (Å²) in [5.41, 5.74) is 3.65. The number of carbonyl (C=O) groups is 2. The number of hydrazine groups is 1. The van der Waals surface area contributed by atoms with Crippen LogP contribution in [0.4, 0.5) is 5.69 Å². The molecular weight excluding hydrogens is 378 g/mol. The molecule has 0 atom stereocenters. The topological polar surface area (TPSA) is 104 Å². The van der Waals surface area contributed by atoms with Crippen molar-refractivity contribution in [2.24, 2.45) is 5.84 Å². The number of anilines is 1. The van der Waals surface area contributed by atoms with Gasteiger partial charge in [0.2, 0.25) is 5.91 Å². The number of carbonyl (C=O) groups excluding carboxylic acids is 2. The maximum atomic E-state index is 12.6. The molecule has 2 amide bonds. The number of hydrogen-bond acceptors (Lipinski definition) is 4. The van der Waals surface area contributed by atoms with Crippen molar-refractivity contribution in [2.75, 3.05) is 5.32 Å². The number of H-pyrrole nitrogens is 1. The predicted octanol–water partition coefficient (Wildman–Crippen LogP) is 3.26. The summed E-state index contributed by atoms with van der Waals surface area (Å²) in [5, 5.41) is 4.95. The number of aromatic amines is 1. The van der Waals surface area contributed by atoms with Gasteiger partial charge in [0.15, 0.2) is 0 Å². The Morgan fingerprint density at radius 2 is 1.73 bits per heavy atom. The van der Waals surface area contributed by atoms with Crippen molar-refractivity contribution >= 4 is 28.5 Å². The van der Waals surface area contributed by atoms with Crippen LogP contribution in [0.2, 0.25) is 0 Å². The van der Waals surface area contributed by atoms with E-state index in [2.05, 4.69) is 15.3 Å². The molecule has 4 aromatic rings. The van der Waals surface area contributed by atoms with Gasteiger partial charge in [0.25, 0.3) is 5.91 Å². The molecule has 0 spiro atoms. The highest BCUT2D eigenvalue weighted by molar-refractivity contribution is 6.08. The number of amides is 2. The van der Waals surface area contributed by atoms with Crippen molar-refractivity contribution in [1.29, 1.82) is 0 Å². The fourth-order valence-corrected chi connectivity index (χ4v) is 3.18. The first-order valence-corrected chi connectivity index (χ1v) is 9.51. The fraction of sp³-hybridized carbons (Fsp3) is 0.0870. The number of benzene rings is 2. The van der Waals surface area contributed by atoms with E-state index in [1.165, 1.54) is 5.01 Å². The zero-order valence-electron chi connectivity index (χ0n) is 16.2. The summed E-state index contributed by atoms with van der Waals surface area (Å²) in [4.78, 5) is 32.2. The fourth-order valence-electron chi connectivity index (χ4n) is 3.18. The SMILES string of the molecule is NN(Cc1ccccc1)C(=O)Cc1ccc(C(=O)Nc2ccnc3[nH]ccc23)cc1. The van der Waals surface area contributed by atoms with Gasteiger partial charge in [0.05, 0.1) is 18.7 Å². The second kappa shape index (κ2) is 8.59. The highest BCUT2D eigenvalue weighted by atomic mass is 16.2. The molecule has 2 aromatic carbocycles. The first kappa shape index (κ1) is 19.4. The summed E-state index contributed by atoms with van der Waals surface area (Å²) in [6.45, 7) is 0.347. The Morgan fingerprint density at radius 1 is 0.967 bits per heavy atom. The van der Waals surface area contributed by atoms with E-state index in [1.807, 2.05) is 36.4 Å². The van der Waals surface area contributed by atoms with Crippen molar-refractivity contribution < 1.29 is 9.59 Å². The van der Waals surface area contributed by atoms with E-state index in [0.717, 1.165) is 16.5 Å². The van der Waals surface area contributed by atoms with Crippen LogP contribution in [-0.4, -0.2) is 26.8 Å². The number of fused-ring (bicyclic) bond motifs is 1. The summed E-state index contributed by atoms with van der Waals surface area (Å²) >= 11 is 0. The molecule has 2 aromatic heterocycles. The second-order valence-corrected chi connectivity index (χ2v) is 6.93. The third-order valence-corrected chi connectivity index (χ3v) is 4.80. The number of nitrogens with two attached hydrogens (primary N) is 1. The van der Waals surface area contributed by atoms with Crippen LogP contribution in [0.3, 0.4) is 0 Å². The molecule has 7 heteroatoms. The zero-order valence-corrected chi connectivity index (χ0v) is 16.2. The van der Waals surface area contributed by atoms with E-state index in [1.54, 1.807) is 42.7 Å². The molecule has 150 valence electrons. The van der Waals surface area contributed by atoms with Crippen LogP contribution in [0.5, 0.6) is 0 Å². The molecule has 7 nitrogen and oxygen atoms in total. The third kappa shape index (κ3) is 4.37. The molecule has 0 aliphatic carbocycles. The number of aromatic nitrogens is 2. The Labute approximate surface area is 173 Å². The van der Waals surface area contributed by atoms with E-state index in [0.29, 0.717) is 23.4 Å². The van der Waals surface area contributed by atoms with Gasteiger partial charge in [-0.15, -0.1) is 0 Å². The Morgan fingerprint density at radius 3 is 2.50 bits per heavy atom. The Kier molecular flexibility index (Phi) is 5.54. The number of hydrogen-bond donors (Lipinski definition) is 3. The molecule has 2 heterocycles. The first-order chi connectivity index (χ1) is 14.6. The smallest absolute Gasteiger partial charge is 0.255 e. The molecule has 0 unspecified atom stereocenters. The molecule has 0 saturated carbocycles. The average molecular weight is 399 g/mol. The van der Waals surface area contributed by atoms with Crippen molar-refractivity contribution in [3.8, 4) is 0 Å². The first-order valence-electron chi connectivity index (χ1n) is 9.51. The summed E-state index contributed by atoms with van der Waals surface area (Å²) < 4.78 is 0. The lowest BCUT2D eigenvalue weighted by molar-refractivity contribution is -0.131. The molecule has 0 aliphatic heterocycles.